The molecular weight excluding hydrogens is 450 g/mol. The zero-order valence-electron chi connectivity index (χ0n) is 21.8. The van der Waals surface area contributed by atoms with Gasteiger partial charge in [0.1, 0.15) is 5.75 Å². The first-order valence-corrected chi connectivity index (χ1v) is 13.7. The lowest BCUT2D eigenvalue weighted by atomic mass is 9.99. The Bertz CT molecular complexity index is 988. The molecule has 2 aromatic rings. The van der Waals surface area contributed by atoms with Gasteiger partial charge in [-0.3, -0.25) is 5.01 Å². The molecule has 2 amide bonds. The molecule has 0 unspecified atom stereocenters. The molecule has 194 valence electrons. The van der Waals surface area contributed by atoms with Crippen LogP contribution in [0.4, 0.5) is 4.79 Å². The number of benzene rings is 2. The van der Waals surface area contributed by atoms with E-state index < -0.39 is 6.10 Å². The van der Waals surface area contributed by atoms with Gasteiger partial charge in [-0.2, -0.15) is 0 Å². The van der Waals surface area contributed by atoms with Gasteiger partial charge in [-0.15, -0.1) is 0 Å². The molecule has 1 aliphatic heterocycles. The van der Waals surface area contributed by atoms with E-state index in [2.05, 4.69) is 43.1 Å². The second kappa shape index (κ2) is 11.2. The highest BCUT2D eigenvalue weighted by atomic mass is 16.5. The second-order valence-electron chi connectivity index (χ2n) is 11.4. The van der Waals surface area contributed by atoms with Crippen molar-refractivity contribution >= 4 is 6.03 Å². The molecule has 6 heteroatoms. The number of hydrazine groups is 1. The van der Waals surface area contributed by atoms with Crippen LogP contribution in [-0.4, -0.2) is 64.4 Å². The zero-order valence-corrected chi connectivity index (χ0v) is 21.8. The van der Waals surface area contributed by atoms with Crippen molar-refractivity contribution in [1.29, 1.82) is 0 Å². The summed E-state index contributed by atoms with van der Waals surface area (Å²) >= 11 is 0. The Morgan fingerprint density at radius 3 is 2.22 bits per heavy atom. The number of rotatable bonds is 11. The molecule has 1 N–H and O–H groups in total. The van der Waals surface area contributed by atoms with Gasteiger partial charge in [0.25, 0.3) is 0 Å². The van der Waals surface area contributed by atoms with Crippen LogP contribution in [0.5, 0.6) is 5.75 Å². The number of urea groups is 1. The summed E-state index contributed by atoms with van der Waals surface area (Å²) in [5.41, 5.74) is 2.28. The van der Waals surface area contributed by atoms with E-state index in [0.29, 0.717) is 43.9 Å². The van der Waals surface area contributed by atoms with Gasteiger partial charge in [-0.25, -0.2) is 9.80 Å². The molecule has 1 saturated heterocycles. The molecule has 6 nitrogen and oxygen atoms in total. The average Bonchev–Trinajstić information content (AvgIpc) is 3.79. The van der Waals surface area contributed by atoms with Crippen LogP contribution in [0.2, 0.25) is 0 Å². The minimum Gasteiger partial charge on any atom is -0.493 e. The predicted octanol–water partition coefficient (Wildman–Crippen LogP) is 4.97. The fourth-order valence-electron chi connectivity index (χ4n) is 5.00. The summed E-state index contributed by atoms with van der Waals surface area (Å²) < 4.78 is 5.85. The topological polar surface area (TPSA) is 56.3 Å². The van der Waals surface area contributed by atoms with Crippen molar-refractivity contribution in [2.45, 2.75) is 64.6 Å². The van der Waals surface area contributed by atoms with Gasteiger partial charge in [0.05, 0.1) is 18.8 Å². The highest BCUT2D eigenvalue weighted by Crippen LogP contribution is 2.35. The van der Waals surface area contributed by atoms with E-state index >= 15 is 0 Å². The number of hydrogen-bond donors (Lipinski definition) is 1. The van der Waals surface area contributed by atoms with Crippen molar-refractivity contribution in [3.63, 3.8) is 0 Å². The molecule has 0 aromatic heterocycles. The molecule has 0 spiro atoms. The lowest BCUT2D eigenvalue weighted by Crippen LogP contribution is -2.52. The number of β-amino-alcohol motifs (C(OH)–C–C–N with tert-alkyl or cyclic N) is 1. The normalized spacial score (nSPS) is 23.3. The number of amides is 2. The Morgan fingerprint density at radius 1 is 0.917 bits per heavy atom. The van der Waals surface area contributed by atoms with Crippen LogP contribution in [0, 0.1) is 17.8 Å². The largest absolute Gasteiger partial charge is 0.493 e. The Hall–Kier alpha value is -2.57. The van der Waals surface area contributed by atoms with Crippen LogP contribution in [0.3, 0.4) is 0 Å². The number of carbonyl (C=O) groups excluding carboxylic acids is 1. The van der Waals surface area contributed by atoms with Gasteiger partial charge >= 0.3 is 6.03 Å². The van der Waals surface area contributed by atoms with Crippen molar-refractivity contribution in [2.24, 2.45) is 17.8 Å². The smallest absolute Gasteiger partial charge is 0.334 e. The molecule has 2 saturated carbocycles. The molecule has 0 bridgehead atoms. The van der Waals surface area contributed by atoms with E-state index in [9.17, 15) is 9.90 Å². The Kier molecular flexibility index (Phi) is 7.82. The molecular formula is C30H41N3O3. The summed E-state index contributed by atoms with van der Waals surface area (Å²) in [6, 6.07) is 18.3. The number of aliphatic hydroxyl groups is 1. The molecule has 3 aliphatic rings. The third kappa shape index (κ3) is 6.60. The van der Waals surface area contributed by atoms with E-state index in [1.807, 2.05) is 40.2 Å². The number of aliphatic hydroxyl groups excluding tert-OH is 1. The number of nitrogens with zero attached hydrogens (tertiary/aromatic N) is 3. The van der Waals surface area contributed by atoms with Crippen LogP contribution >= 0.6 is 0 Å². The van der Waals surface area contributed by atoms with E-state index in [-0.39, 0.29) is 12.1 Å². The van der Waals surface area contributed by atoms with E-state index in [0.717, 1.165) is 30.0 Å². The standard InChI is InChI=1S/C30H41N3O3/c1-22(2)21-36-27-14-12-24(13-15-27)17-31-20-29(34)28(16-23-6-4-3-5-7-23)32(18-25-8-9-25)30(35)33(31)19-26-10-11-26/h3-7,12-15,22,25-26,28-29,34H,8-11,16-21H2,1-2H3/t28-,29-/m0/s1. The summed E-state index contributed by atoms with van der Waals surface area (Å²) in [7, 11) is 0. The fraction of sp³-hybridized carbons (Fsp3) is 0.567. The monoisotopic (exact) mass is 491 g/mol. The maximum absolute atomic E-state index is 14.1. The summed E-state index contributed by atoms with van der Waals surface area (Å²) in [5.74, 6) is 2.47. The molecule has 3 fully saturated rings. The molecule has 5 rings (SSSR count). The predicted molar refractivity (Wildman–Crippen MR) is 141 cm³/mol. The van der Waals surface area contributed by atoms with E-state index in [1.165, 1.54) is 25.7 Å². The van der Waals surface area contributed by atoms with Crippen molar-refractivity contribution < 1.29 is 14.6 Å². The molecule has 36 heavy (non-hydrogen) atoms. The fourth-order valence-corrected chi connectivity index (χ4v) is 5.00. The lowest BCUT2D eigenvalue weighted by molar-refractivity contribution is -0.0184. The third-order valence-electron chi connectivity index (χ3n) is 7.49. The van der Waals surface area contributed by atoms with E-state index in [1.54, 1.807) is 0 Å². The van der Waals surface area contributed by atoms with E-state index in [4.69, 9.17) is 4.74 Å². The minimum absolute atomic E-state index is 0.0585. The van der Waals surface area contributed by atoms with Crippen molar-refractivity contribution in [2.75, 3.05) is 26.2 Å². The van der Waals surface area contributed by atoms with Gasteiger partial charge in [-0.05, 0) is 73.1 Å². The van der Waals surface area contributed by atoms with Crippen LogP contribution in [-0.2, 0) is 13.0 Å². The van der Waals surface area contributed by atoms with Crippen LogP contribution < -0.4 is 4.74 Å². The van der Waals surface area contributed by atoms with Crippen molar-refractivity contribution in [3.8, 4) is 5.75 Å². The highest BCUT2D eigenvalue weighted by Gasteiger charge is 2.43. The zero-order chi connectivity index (χ0) is 25.1. The molecule has 0 radical (unpaired) electrons. The van der Waals surface area contributed by atoms with Crippen LogP contribution in [0.15, 0.2) is 54.6 Å². The van der Waals surface area contributed by atoms with Crippen LogP contribution in [0.25, 0.3) is 0 Å². The number of hydrogen-bond acceptors (Lipinski definition) is 4. The first-order chi connectivity index (χ1) is 17.5. The lowest BCUT2D eigenvalue weighted by Gasteiger charge is -2.36. The summed E-state index contributed by atoms with van der Waals surface area (Å²) in [6.45, 7) is 7.49. The Balaban J connectivity index is 1.37. The van der Waals surface area contributed by atoms with Crippen LogP contribution in [0.1, 0.15) is 50.7 Å². The highest BCUT2D eigenvalue weighted by molar-refractivity contribution is 5.75. The number of ether oxygens (including phenoxy) is 1. The second-order valence-corrected chi connectivity index (χ2v) is 11.4. The first-order valence-electron chi connectivity index (χ1n) is 13.7. The summed E-state index contributed by atoms with van der Waals surface area (Å²) in [6.07, 6.45) is 4.76. The van der Waals surface area contributed by atoms with Gasteiger partial charge in [0, 0.05) is 26.2 Å². The average molecular weight is 492 g/mol. The maximum Gasteiger partial charge on any atom is 0.334 e. The first kappa shape index (κ1) is 25.1. The quantitative estimate of drug-likeness (QED) is 0.482. The molecule has 1 heterocycles. The minimum atomic E-state index is -0.620. The molecule has 2 atom stereocenters. The summed E-state index contributed by atoms with van der Waals surface area (Å²) in [5, 5.41) is 15.6. The van der Waals surface area contributed by atoms with Crippen molar-refractivity contribution in [1.82, 2.24) is 14.9 Å². The summed E-state index contributed by atoms with van der Waals surface area (Å²) in [4.78, 5) is 16.1. The SMILES string of the molecule is CC(C)COc1ccc(CN2C[C@H](O)[C@H](Cc3ccccc3)N(CC3CC3)C(=O)N2CC2CC2)cc1. The van der Waals surface area contributed by atoms with Gasteiger partial charge in [0.2, 0.25) is 0 Å². The van der Waals surface area contributed by atoms with Gasteiger partial charge < -0.3 is 14.7 Å². The van der Waals surface area contributed by atoms with Gasteiger partial charge in [-0.1, -0.05) is 56.3 Å². The molecule has 2 aliphatic carbocycles. The molecule has 2 aromatic carbocycles. The maximum atomic E-state index is 14.1. The number of carbonyl (C=O) groups is 1. The van der Waals surface area contributed by atoms with Crippen molar-refractivity contribution in [3.05, 3.63) is 65.7 Å². The Morgan fingerprint density at radius 2 is 1.58 bits per heavy atom. The van der Waals surface area contributed by atoms with Gasteiger partial charge in [0.15, 0.2) is 0 Å². The Labute approximate surface area is 215 Å². The third-order valence-corrected chi connectivity index (χ3v) is 7.49.